The summed E-state index contributed by atoms with van der Waals surface area (Å²) in [6.07, 6.45) is 0. The Labute approximate surface area is 176 Å². The molecule has 0 aliphatic heterocycles. The van der Waals surface area contributed by atoms with Crippen molar-refractivity contribution in [1.29, 1.82) is 0 Å². The lowest BCUT2D eigenvalue weighted by Gasteiger charge is -2.10. The zero-order chi connectivity index (χ0) is 20.1. The van der Waals surface area contributed by atoms with E-state index in [1.165, 1.54) is 30.0 Å². The maximum Gasteiger partial charge on any atom is 0.239 e. The number of benzene rings is 1. The van der Waals surface area contributed by atoms with E-state index in [1.54, 1.807) is 11.3 Å². The molecule has 2 aromatic heterocycles. The Morgan fingerprint density at radius 3 is 2.61 bits per heavy atom. The lowest BCUT2D eigenvalue weighted by Crippen LogP contribution is -2.22. The van der Waals surface area contributed by atoms with Gasteiger partial charge in [0.1, 0.15) is 0 Å². The van der Waals surface area contributed by atoms with Crippen molar-refractivity contribution in [3.05, 3.63) is 52.2 Å². The third kappa shape index (κ3) is 5.43. The van der Waals surface area contributed by atoms with E-state index in [-0.39, 0.29) is 17.1 Å². The summed E-state index contributed by atoms with van der Waals surface area (Å²) in [5.74, 6) is -0.112. The Morgan fingerprint density at radius 2 is 1.89 bits per heavy atom. The molecule has 1 aromatic carbocycles. The maximum atomic E-state index is 12.5. The summed E-state index contributed by atoms with van der Waals surface area (Å²) in [6, 6.07) is 13.9. The number of nitrogens with zero attached hydrogens (tertiary/aromatic N) is 1. The van der Waals surface area contributed by atoms with Crippen LogP contribution in [0.1, 0.15) is 23.6 Å². The molecule has 146 valence electrons. The van der Waals surface area contributed by atoms with Gasteiger partial charge in [-0.2, -0.15) is 0 Å². The minimum absolute atomic E-state index is 0.0488. The number of thiophene rings is 1. The van der Waals surface area contributed by atoms with Gasteiger partial charge in [0.15, 0.2) is 5.13 Å². The number of amides is 2. The summed E-state index contributed by atoms with van der Waals surface area (Å²) in [4.78, 5) is 32.4. The van der Waals surface area contributed by atoms with Crippen molar-refractivity contribution in [2.45, 2.75) is 37.5 Å². The number of aryl methyl sites for hydroxylation is 1. The molecule has 0 saturated carbocycles. The smallest absolute Gasteiger partial charge is 0.239 e. The molecule has 2 N–H and O–H groups in total. The molecule has 3 aromatic rings. The average molecular weight is 432 g/mol. The standard InChI is InChI=1S/C20H21N3O2S3/c1-12-18(17-10-9-16(28-17)11-21-14(3)24)22-20(27-12)23-19(25)13(2)26-15-7-5-4-6-8-15/h4-10,13H,11H2,1-3H3,(H,21,24)(H,22,23,25). The van der Waals surface area contributed by atoms with Crippen LogP contribution in [-0.4, -0.2) is 22.0 Å². The number of carbonyl (C=O) groups excluding carboxylic acids is 2. The van der Waals surface area contributed by atoms with E-state index >= 15 is 0 Å². The summed E-state index contributed by atoms with van der Waals surface area (Å²) in [5.41, 5.74) is 0.878. The zero-order valence-corrected chi connectivity index (χ0v) is 18.3. The fraction of sp³-hybridized carbons (Fsp3) is 0.250. The van der Waals surface area contributed by atoms with Crippen LogP contribution >= 0.6 is 34.4 Å². The van der Waals surface area contributed by atoms with Crippen molar-refractivity contribution in [3.8, 4) is 10.6 Å². The van der Waals surface area contributed by atoms with Crippen molar-refractivity contribution in [3.63, 3.8) is 0 Å². The minimum Gasteiger partial charge on any atom is -0.351 e. The molecule has 0 aliphatic carbocycles. The van der Waals surface area contributed by atoms with Crippen LogP contribution in [0.3, 0.4) is 0 Å². The van der Waals surface area contributed by atoms with Crippen LogP contribution in [0.15, 0.2) is 47.4 Å². The number of hydrogen-bond acceptors (Lipinski definition) is 6. The molecule has 0 bridgehead atoms. The van der Waals surface area contributed by atoms with E-state index in [2.05, 4.69) is 15.6 Å². The molecule has 1 atom stereocenters. The van der Waals surface area contributed by atoms with E-state index in [1.807, 2.05) is 56.3 Å². The van der Waals surface area contributed by atoms with Crippen LogP contribution in [-0.2, 0) is 16.1 Å². The molecule has 28 heavy (non-hydrogen) atoms. The van der Waals surface area contributed by atoms with Crippen LogP contribution < -0.4 is 10.6 Å². The Morgan fingerprint density at radius 1 is 1.14 bits per heavy atom. The molecule has 2 heterocycles. The number of anilines is 1. The van der Waals surface area contributed by atoms with Gasteiger partial charge < -0.3 is 10.6 Å². The van der Waals surface area contributed by atoms with Gasteiger partial charge in [-0.1, -0.05) is 18.2 Å². The molecule has 0 spiro atoms. The molecule has 1 unspecified atom stereocenters. The third-order valence-electron chi connectivity index (χ3n) is 3.86. The SMILES string of the molecule is CC(=O)NCc1ccc(-c2nc(NC(=O)C(C)Sc3ccccc3)sc2C)s1. The molecular formula is C20H21N3O2S3. The van der Waals surface area contributed by atoms with Crippen molar-refractivity contribution in [2.24, 2.45) is 0 Å². The molecule has 0 fully saturated rings. The van der Waals surface area contributed by atoms with Gasteiger partial charge in [-0.05, 0) is 38.1 Å². The maximum absolute atomic E-state index is 12.5. The summed E-state index contributed by atoms with van der Waals surface area (Å²) >= 11 is 4.59. The van der Waals surface area contributed by atoms with Crippen molar-refractivity contribution < 1.29 is 9.59 Å². The summed E-state index contributed by atoms with van der Waals surface area (Å²) in [6.45, 7) is 5.91. The molecule has 3 rings (SSSR count). The first-order chi connectivity index (χ1) is 13.4. The quantitative estimate of drug-likeness (QED) is 0.520. The molecule has 5 nitrogen and oxygen atoms in total. The van der Waals surface area contributed by atoms with Gasteiger partial charge >= 0.3 is 0 Å². The second kappa shape index (κ2) is 9.36. The Hall–Kier alpha value is -2.16. The number of thiazole rings is 1. The largest absolute Gasteiger partial charge is 0.351 e. The topological polar surface area (TPSA) is 71.1 Å². The lowest BCUT2D eigenvalue weighted by atomic mass is 10.3. The number of thioether (sulfide) groups is 1. The van der Waals surface area contributed by atoms with Gasteiger partial charge in [-0.15, -0.1) is 34.4 Å². The van der Waals surface area contributed by atoms with Crippen LogP contribution in [0.4, 0.5) is 5.13 Å². The number of aromatic nitrogens is 1. The molecule has 0 radical (unpaired) electrons. The van der Waals surface area contributed by atoms with E-state index < -0.39 is 0 Å². The Bertz CT molecular complexity index is 966. The van der Waals surface area contributed by atoms with Crippen molar-refractivity contribution in [1.82, 2.24) is 10.3 Å². The second-order valence-electron chi connectivity index (χ2n) is 6.16. The van der Waals surface area contributed by atoms with Gasteiger partial charge in [-0.3, -0.25) is 9.59 Å². The van der Waals surface area contributed by atoms with Gasteiger partial charge in [0.25, 0.3) is 0 Å². The van der Waals surface area contributed by atoms with E-state index in [9.17, 15) is 9.59 Å². The minimum atomic E-state index is -0.221. The van der Waals surface area contributed by atoms with E-state index in [0.717, 1.165) is 25.2 Å². The van der Waals surface area contributed by atoms with Crippen LogP contribution in [0.25, 0.3) is 10.6 Å². The normalized spacial score (nSPS) is 11.8. The number of hydrogen-bond donors (Lipinski definition) is 2. The highest BCUT2D eigenvalue weighted by Gasteiger charge is 2.18. The van der Waals surface area contributed by atoms with Crippen molar-refractivity contribution in [2.75, 3.05) is 5.32 Å². The van der Waals surface area contributed by atoms with Crippen LogP contribution in [0.5, 0.6) is 0 Å². The first-order valence-electron chi connectivity index (χ1n) is 8.76. The van der Waals surface area contributed by atoms with Crippen molar-refractivity contribution >= 4 is 51.4 Å². The molecule has 2 amide bonds. The molecular weight excluding hydrogens is 410 g/mol. The van der Waals surface area contributed by atoms with Crippen LogP contribution in [0, 0.1) is 6.92 Å². The monoisotopic (exact) mass is 431 g/mol. The zero-order valence-electron chi connectivity index (χ0n) is 15.8. The van der Waals surface area contributed by atoms with E-state index in [0.29, 0.717) is 11.7 Å². The highest BCUT2D eigenvalue weighted by Crippen LogP contribution is 2.35. The first kappa shape index (κ1) is 20.6. The van der Waals surface area contributed by atoms with Crippen LogP contribution in [0.2, 0.25) is 0 Å². The van der Waals surface area contributed by atoms with E-state index in [4.69, 9.17) is 0 Å². The van der Waals surface area contributed by atoms with Gasteiger partial charge in [-0.25, -0.2) is 4.98 Å². The molecule has 0 saturated heterocycles. The van der Waals surface area contributed by atoms with Gasteiger partial charge in [0.2, 0.25) is 11.8 Å². The predicted molar refractivity (Wildman–Crippen MR) is 118 cm³/mol. The fourth-order valence-corrected chi connectivity index (χ4v) is 5.23. The average Bonchev–Trinajstić information content (AvgIpc) is 3.27. The number of carbonyl (C=O) groups is 2. The molecule has 8 heteroatoms. The summed E-state index contributed by atoms with van der Waals surface area (Å²) in [7, 11) is 0. The summed E-state index contributed by atoms with van der Waals surface area (Å²) < 4.78 is 0. The Balaban J connectivity index is 1.65. The fourth-order valence-electron chi connectivity index (χ4n) is 2.45. The second-order valence-corrected chi connectivity index (χ2v) is 9.95. The number of nitrogens with one attached hydrogen (secondary N) is 2. The summed E-state index contributed by atoms with van der Waals surface area (Å²) in [5, 5.41) is 6.12. The lowest BCUT2D eigenvalue weighted by molar-refractivity contribution is -0.119. The number of rotatable bonds is 7. The van der Waals surface area contributed by atoms with Gasteiger partial charge in [0.05, 0.1) is 22.4 Å². The molecule has 0 aliphatic rings. The Kier molecular flexibility index (Phi) is 6.88. The third-order valence-corrected chi connectivity index (χ3v) is 6.95. The van der Waals surface area contributed by atoms with Gasteiger partial charge in [0, 0.05) is 21.6 Å². The highest BCUT2D eigenvalue weighted by atomic mass is 32.2. The highest BCUT2D eigenvalue weighted by molar-refractivity contribution is 8.00. The first-order valence-corrected chi connectivity index (χ1v) is 11.3. The predicted octanol–water partition coefficient (Wildman–Crippen LogP) is 4.94.